The standard InChI is InChI=1S/C15H19NO4/c1-18-12-4-6-16(7-5-12)9-13(17)11-2-3-14-15(8-11)20-10-19-14/h2-3,8,12H,4-7,9-10H2,1H3. The van der Waals surface area contributed by atoms with Crippen LogP contribution in [0.5, 0.6) is 11.5 Å². The van der Waals surface area contributed by atoms with Crippen molar-refractivity contribution in [1.29, 1.82) is 0 Å². The maximum atomic E-state index is 12.3. The third kappa shape index (κ3) is 2.78. The van der Waals surface area contributed by atoms with Crippen LogP contribution in [0.3, 0.4) is 0 Å². The number of ether oxygens (including phenoxy) is 3. The molecule has 0 amide bonds. The summed E-state index contributed by atoms with van der Waals surface area (Å²) in [5.41, 5.74) is 0.683. The molecule has 5 heteroatoms. The van der Waals surface area contributed by atoms with Gasteiger partial charge in [0.15, 0.2) is 17.3 Å². The minimum atomic E-state index is 0.124. The quantitative estimate of drug-likeness (QED) is 0.784. The predicted octanol–water partition coefficient (Wildman–Crippen LogP) is 1.71. The lowest BCUT2D eigenvalue weighted by atomic mass is 10.1. The average molecular weight is 277 g/mol. The number of rotatable bonds is 4. The molecule has 1 aromatic rings. The van der Waals surface area contributed by atoms with Crippen LogP contribution in [0.4, 0.5) is 0 Å². The fraction of sp³-hybridized carbons (Fsp3) is 0.533. The van der Waals surface area contributed by atoms with Gasteiger partial charge in [0.05, 0.1) is 12.6 Å². The Labute approximate surface area is 118 Å². The molecule has 0 bridgehead atoms. The van der Waals surface area contributed by atoms with Crippen molar-refractivity contribution in [2.45, 2.75) is 18.9 Å². The Hall–Kier alpha value is -1.59. The number of hydrogen-bond acceptors (Lipinski definition) is 5. The molecule has 0 atom stereocenters. The minimum absolute atomic E-state index is 0.124. The fourth-order valence-electron chi connectivity index (χ4n) is 2.67. The van der Waals surface area contributed by atoms with Crippen LogP contribution >= 0.6 is 0 Å². The van der Waals surface area contributed by atoms with Crippen LogP contribution in [0.15, 0.2) is 18.2 Å². The molecule has 0 saturated carbocycles. The second kappa shape index (κ2) is 5.81. The van der Waals surface area contributed by atoms with Crippen molar-refractivity contribution in [1.82, 2.24) is 4.90 Å². The Bertz CT molecular complexity index is 495. The summed E-state index contributed by atoms with van der Waals surface area (Å²) in [6.45, 7) is 2.51. The number of piperidine rings is 1. The van der Waals surface area contributed by atoms with Gasteiger partial charge in [-0.25, -0.2) is 0 Å². The van der Waals surface area contributed by atoms with E-state index in [0.29, 0.717) is 29.7 Å². The van der Waals surface area contributed by atoms with Crippen molar-refractivity contribution in [3.8, 4) is 11.5 Å². The number of hydrogen-bond donors (Lipinski definition) is 0. The first-order chi connectivity index (χ1) is 9.76. The zero-order valence-corrected chi connectivity index (χ0v) is 11.6. The topological polar surface area (TPSA) is 48.0 Å². The number of carbonyl (C=O) groups is 1. The molecule has 2 heterocycles. The third-order valence-corrected chi connectivity index (χ3v) is 3.93. The van der Waals surface area contributed by atoms with Gasteiger partial charge in [0.25, 0.3) is 0 Å². The van der Waals surface area contributed by atoms with E-state index in [0.717, 1.165) is 25.9 Å². The van der Waals surface area contributed by atoms with E-state index in [4.69, 9.17) is 14.2 Å². The summed E-state index contributed by atoms with van der Waals surface area (Å²) in [5, 5.41) is 0. The monoisotopic (exact) mass is 277 g/mol. The molecule has 5 nitrogen and oxygen atoms in total. The van der Waals surface area contributed by atoms with Crippen LogP contribution in [0.2, 0.25) is 0 Å². The van der Waals surface area contributed by atoms with Gasteiger partial charge in [-0.2, -0.15) is 0 Å². The molecule has 2 aliphatic rings. The van der Waals surface area contributed by atoms with Gasteiger partial charge >= 0.3 is 0 Å². The molecule has 0 aromatic heterocycles. The van der Waals surface area contributed by atoms with Crippen LogP contribution in [-0.4, -0.2) is 50.3 Å². The van der Waals surface area contributed by atoms with Crippen LogP contribution in [0.25, 0.3) is 0 Å². The molecule has 0 aliphatic carbocycles. The van der Waals surface area contributed by atoms with Crippen molar-refractivity contribution < 1.29 is 19.0 Å². The molecule has 108 valence electrons. The summed E-state index contributed by atoms with van der Waals surface area (Å²) in [6, 6.07) is 5.37. The van der Waals surface area contributed by atoms with Crippen molar-refractivity contribution in [3.05, 3.63) is 23.8 Å². The summed E-state index contributed by atoms with van der Waals surface area (Å²) in [7, 11) is 1.75. The largest absolute Gasteiger partial charge is 0.454 e. The van der Waals surface area contributed by atoms with Crippen LogP contribution < -0.4 is 9.47 Å². The molecule has 0 radical (unpaired) electrons. The van der Waals surface area contributed by atoms with Crippen LogP contribution in [0, 0.1) is 0 Å². The Morgan fingerprint density at radius 1 is 1.30 bits per heavy atom. The molecule has 0 spiro atoms. The van der Waals surface area contributed by atoms with Gasteiger partial charge in [0.1, 0.15) is 0 Å². The number of nitrogens with zero attached hydrogens (tertiary/aromatic N) is 1. The van der Waals surface area contributed by atoms with Gasteiger partial charge < -0.3 is 14.2 Å². The molecular weight excluding hydrogens is 258 g/mol. The molecule has 3 rings (SSSR count). The summed E-state index contributed by atoms with van der Waals surface area (Å²) >= 11 is 0. The van der Waals surface area contributed by atoms with Gasteiger partial charge in [-0.3, -0.25) is 9.69 Å². The maximum Gasteiger partial charge on any atom is 0.231 e. The Balaban J connectivity index is 1.59. The first-order valence-electron chi connectivity index (χ1n) is 6.94. The average Bonchev–Trinajstić information content (AvgIpc) is 2.95. The summed E-state index contributed by atoms with van der Waals surface area (Å²) < 4.78 is 15.9. The van der Waals surface area contributed by atoms with Gasteiger partial charge in [-0.05, 0) is 31.0 Å². The van der Waals surface area contributed by atoms with Gasteiger partial charge in [0, 0.05) is 25.8 Å². The van der Waals surface area contributed by atoms with Gasteiger partial charge in [-0.15, -0.1) is 0 Å². The van der Waals surface area contributed by atoms with Crippen molar-refractivity contribution in [3.63, 3.8) is 0 Å². The molecule has 0 N–H and O–H groups in total. The number of ketones is 1. The number of benzene rings is 1. The highest BCUT2D eigenvalue weighted by molar-refractivity contribution is 5.98. The smallest absolute Gasteiger partial charge is 0.231 e. The highest BCUT2D eigenvalue weighted by Gasteiger charge is 2.22. The van der Waals surface area contributed by atoms with E-state index in [-0.39, 0.29) is 12.6 Å². The highest BCUT2D eigenvalue weighted by Crippen LogP contribution is 2.32. The number of methoxy groups -OCH3 is 1. The molecule has 1 aromatic carbocycles. The zero-order chi connectivity index (χ0) is 13.9. The van der Waals surface area contributed by atoms with Crippen LogP contribution in [-0.2, 0) is 4.74 Å². The van der Waals surface area contributed by atoms with Gasteiger partial charge in [-0.1, -0.05) is 0 Å². The Morgan fingerprint density at radius 2 is 2.05 bits per heavy atom. The Morgan fingerprint density at radius 3 is 2.80 bits per heavy atom. The predicted molar refractivity (Wildman–Crippen MR) is 73.4 cm³/mol. The number of Topliss-reactive ketones (excluding diaryl/α,β-unsaturated/α-hetero) is 1. The fourth-order valence-corrected chi connectivity index (χ4v) is 2.67. The summed E-state index contributed by atoms with van der Waals surface area (Å²) in [5.74, 6) is 1.50. The lowest BCUT2D eigenvalue weighted by molar-refractivity contribution is 0.0401. The number of fused-ring (bicyclic) bond motifs is 1. The highest BCUT2D eigenvalue weighted by atomic mass is 16.7. The molecule has 1 fully saturated rings. The van der Waals surface area contributed by atoms with Crippen molar-refractivity contribution in [2.75, 3.05) is 33.5 Å². The summed E-state index contributed by atoms with van der Waals surface area (Å²) in [6.07, 6.45) is 2.32. The van der Waals surface area contributed by atoms with Crippen molar-refractivity contribution in [2.24, 2.45) is 0 Å². The second-order valence-electron chi connectivity index (χ2n) is 5.20. The normalized spacial score (nSPS) is 19.2. The molecule has 1 saturated heterocycles. The second-order valence-corrected chi connectivity index (χ2v) is 5.20. The van der Waals surface area contributed by atoms with Gasteiger partial charge in [0.2, 0.25) is 6.79 Å². The van der Waals surface area contributed by atoms with E-state index in [2.05, 4.69) is 4.90 Å². The number of likely N-dealkylation sites (tertiary alicyclic amines) is 1. The molecule has 20 heavy (non-hydrogen) atoms. The van der Waals surface area contributed by atoms with E-state index < -0.39 is 0 Å². The van der Waals surface area contributed by atoms with E-state index >= 15 is 0 Å². The molecule has 0 unspecified atom stereocenters. The first kappa shape index (κ1) is 13.4. The minimum Gasteiger partial charge on any atom is -0.454 e. The maximum absolute atomic E-state index is 12.3. The Kier molecular flexibility index (Phi) is 3.89. The molecular formula is C15H19NO4. The first-order valence-corrected chi connectivity index (χ1v) is 6.94. The number of carbonyl (C=O) groups excluding carboxylic acids is 1. The van der Waals surface area contributed by atoms with E-state index in [1.807, 2.05) is 0 Å². The van der Waals surface area contributed by atoms with E-state index in [1.54, 1.807) is 25.3 Å². The van der Waals surface area contributed by atoms with E-state index in [9.17, 15) is 4.79 Å². The SMILES string of the molecule is COC1CCN(CC(=O)c2ccc3c(c2)OCO3)CC1. The summed E-state index contributed by atoms with van der Waals surface area (Å²) in [4.78, 5) is 14.5. The molecule has 2 aliphatic heterocycles. The lowest BCUT2D eigenvalue weighted by Crippen LogP contribution is -2.39. The lowest BCUT2D eigenvalue weighted by Gasteiger charge is -2.30. The van der Waals surface area contributed by atoms with Crippen LogP contribution in [0.1, 0.15) is 23.2 Å². The van der Waals surface area contributed by atoms with Crippen molar-refractivity contribution >= 4 is 5.78 Å². The third-order valence-electron chi connectivity index (χ3n) is 3.93. The zero-order valence-electron chi connectivity index (χ0n) is 11.6. The van der Waals surface area contributed by atoms with E-state index in [1.165, 1.54) is 0 Å².